The van der Waals surface area contributed by atoms with Crippen molar-refractivity contribution in [1.82, 2.24) is 0 Å². The maximum Gasteiger partial charge on any atom is 0.318 e. The Kier molecular flexibility index (Phi) is 4.85. The van der Waals surface area contributed by atoms with Crippen LogP contribution in [0.4, 0.5) is 0 Å². The Hall–Kier alpha value is -2.01. The molecular weight excluding hydrogens is 288 g/mol. The van der Waals surface area contributed by atoms with E-state index in [0.717, 1.165) is 0 Å². The lowest BCUT2D eigenvalue weighted by Crippen LogP contribution is -2.25. The van der Waals surface area contributed by atoms with Gasteiger partial charge in [-0.05, 0) is 31.2 Å². The van der Waals surface area contributed by atoms with Gasteiger partial charge in [-0.2, -0.15) is 0 Å². The van der Waals surface area contributed by atoms with Gasteiger partial charge in [0.15, 0.2) is 5.78 Å². The van der Waals surface area contributed by atoms with E-state index >= 15 is 0 Å². The molecule has 0 saturated heterocycles. The van der Waals surface area contributed by atoms with Crippen LogP contribution >= 0.6 is 0 Å². The smallest absolute Gasteiger partial charge is 0.318 e. The molecule has 0 saturated carbocycles. The fourth-order valence-electron chi connectivity index (χ4n) is 1.79. The Morgan fingerprint density at radius 2 is 1.81 bits per heavy atom. The first-order chi connectivity index (χ1) is 9.98. The standard InChI is InChI=1S/C16H16O4S/c1-16(9-7-13(17)8-10-16)12-20-15(18)11-21(19)14-5-3-2-4-6-14/h2-10H,11-12H2,1H3. The van der Waals surface area contributed by atoms with Crippen LogP contribution in [0.5, 0.6) is 0 Å². The maximum atomic E-state index is 12.0. The minimum atomic E-state index is -1.40. The molecule has 1 atom stereocenters. The zero-order valence-electron chi connectivity index (χ0n) is 11.7. The zero-order valence-corrected chi connectivity index (χ0v) is 12.5. The number of carbonyl (C=O) groups excluding carboxylic acids is 2. The number of esters is 1. The Bertz CT molecular complexity index is 600. The molecule has 21 heavy (non-hydrogen) atoms. The van der Waals surface area contributed by atoms with Crippen molar-refractivity contribution >= 4 is 22.6 Å². The number of hydrogen-bond donors (Lipinski definition) is 0. The highest BCUT2D eigenvalue weighted by atomic mass is 32.2. The predicted octanol–water partition coefficient (Wildman–Crippen LogP) is 2.04. The van der Waals surface area contributed by atoms with Gasteiger partial charge in [-0.25, -0.2) is 0 Å². The van der Waals surface area contributed by atoms with Crippen LogP contribution in [0.2, 0.25) is 0 Å². The molecule has 110 valence electrons. The summed E-state index contributed by atoms with van der Waals surface area (Å²) < 4.78 is 17.1. The number of carbonyl (C=O) groups is 2. The molecule has 1 aliphatic rings. The monoisotopic (exact) mass is 304 g/mol. The van der Waals surface area contributed by atoms with Crippen LogP contribution in [0.25, 0.3) is 0 Å². The summed E-state index contributed by atoms with van der Waals surface area (Å²) in [6, 6.07) is 8.79. The normalized spacial score (nSPS) is 17.5. The van der Waals surface area contributed by atoms with E-state index in [2.05, 4.69) is 0 Å². The van der Waals surface area contributed by atoms with E-state index in [-0.39, 0.29) is 18.1 Å². The molecule has 0 heterocycles. The van der Waals surface area contributed by atoms with Crippen molar-refractivity contribution < 1.29 is 18.5 Å². The molecule has 4 nitrogen and oxygen atoms in total. The molecule has 1 aromatic rings. The first kappa shape index (κ1) is 15.4. The van der Waals surface area contributed by atoms with E-state index in [1.807, 2.05) is 13.0 Å². The van der Waals surface area contributed by atoms with Crippen LogP contribution < -0.4 is 0 Å². The molecule has 0 N–H and O–H groups in total. The zero-order chi connectivity index (χ0) is 15.3. The van der Waals surface area contributed by atoms with Gasteiger partial charge in [0.2, 0.25) is 0 Å². The van der Waals surface area contributed by atoms with E-state index in [1.54, 1.807) is 36.4 Å². The molecular formula is C16H16O4S. The summed E-state index contributed by atoms with van der Waals surface area (Å²) in [6.45, 7) is 1.98. The van der Waals surface area contributed by atoms with Crippen LogP contribution in [-0.4, -0.2) is 28.3 Å². The maximum absolute atomic E-state index is 12.0. The minimum Gasteiger partial charge on any atom is -0.464 e. The summed E-state index contributed by atoms with van der Waals surface area (Å²) >= 11 is 0. The molecule has 0 bridgehead atoms. The highest BCUT2D eigenvalue weighted by molar-refractivity contribution is 7.85. The van der Waals surface area contributed by atoms with Gasteiger partial charge in [-0.3, -0.25) is 13.8 Å². The Balaban J connectivity index is 1.86. The lowest BCUT2D eigenvalue weighted by Gasteiger charge is -2.23. The van der Waals surface area contributed by atoms with E-state index in [9.17, 15) is 13.8 Å². The van der Waals surface area contributed by atoms with Gasteiger partial charge in [0, 0.05) is 10.3 Å². The fourth-order valence-corrected chi connectivity index (χ4v) is 2.72. The molecule has 0 fully saturated rings. The van der Waals surface area contributed by atoms with Crippen LogP contribution in [-0.2, 0) is 25.1 Å². The van der Waals surface area contributed by atoms with Crippen molar-refractivity contribution in [1.29, 1.82) is 0 Å². The molecule has 2 rings (SSSR count). The average Bonchev–Trinajstić information content (AvgIpc) is 2.50. The molecule has 0 amide bonds. The van der Waals surface area contributed by atoms with Gasteiger partial charge in [-0.15, -0.1) is 0 Å². The van der Waals surface area contributed by atoms with Crippen molar-refractivity contribution in [2.75, 3.05) is 12.4 Å². The predicted molar refractivity (Wildman–Crippen MR) is 80.1 cm³/mol. The number of hydrogen-bond acceptors (Lipinski definition) is 4. The number of ketones is 1. The van der Waals surface area contributed by atoms with Crippen LogP contribution in [0, 0.1) is 5.41 Å². The largest absolute Gasteiger partial charge is 0.464 e. The van der Waals surface area contributed by atoms with Gasteiger partial charge in [-0.1, -0.05) is 30.4 Å². The first-order valence-electron chi connectivity index (χ1n) is 6.50. The Morgan fingerprint density at radius 1 is 1.19 bits per heavy atom. The van der Waals surface area contributed by atoms with Crippen LogP contribution in [0.1, 0.15) is 6.92 Å². The first-order valence-corrected chi connectivity index (χ1v) is 7.82. The third-order valence-electron chi connectivity index (χ3n) is 3.06. The Labute approximate surface area is 126 Å². The third kappa shape index (κ3) is 4.49. The topological polar surface area (TPSA) is 60.4 Å². The second-order valence-corrected chi connectivity index (χ2v) is 6.49. The lowest BCUT2D eigenvalue weighted by atomic mass is 9.87. The summed E-state index contributed by atoms with van der Waals surface area (Å²) in [7, 11) is -1.40. The van der Waals surface area contributed by atoms with Gasteiger partial charge >= 0.3 is 5.97 Å². The van der Waals surface area contributed by atoms with Crippen molar-refractivity contribution in [2.45, 2.75) is 11.8 Å². The number of benzene rings is 1. The summed E-state index contributed by atoms with van der Waals surface area (Å²) in [4.78, 5) is 23.4. The summed E-state index contributed by atoms with van der Waals surface area (Å²) in [6.07, 6.45) is 6.32. The summed E-state index contributed by atoms with van der Waals surface area (Å²) in [5, 5.41) is 0. The van der Waals surface area contributed by atoms with Gasteiger partial charge in [0.05, 0.1) is 10.8 Å². The Morgan fingerprint density at radius 3 is 2.43 bits per heavy atom. The molecule has 0 spiro atoms. The molecule has 0 aliphatic heterocycles. The van der Waals surface area contributed by atoms with Crippen molar-refractivity contribution in [3.05, 3.63) is 54.6 Å². The van der Waals surface area contributed by atoms with E-state index in [1.165, 1.54) is 12.2 Å². The molecule has 1 aromatic carbocycles. The highest BCUT2D eigenvalue weighted by Gasteiger charge is 2.23. The van der Waals surface area contributed by atoms with Crippen molar-refractivity contribution in [2.24, 2.45) is 5.41 Å². The SMILES string of the molecule is CC1(COC(=O)CS(=O)c2ccccc2)C=CC(=O)C=C1. The van der Waals surface area contributed by atoms with Crippen LogP contribution in [0.3, 0.4) is 0 Å². The van der Waals surface area contributed by atoms with Gasteiger partial charge in [0.1, 0.15) is 12.4 Å². The van der Waals surface area contributed by atoms with Crippen molar-refractivity contribution in [3.63, 3.8) is 0 Å². The number of rotatable bonds is 5. The molecule has 1 aliphatic carbocycles. The molecule has 1 unspecified atom stereocenters. The van der Waals surface area contributed by atoms with Crippen LogP contribution in [0.15, 0.2) is 59.5 Å². The highest BCUT2D eigenvalue weighted by Crippen LogP contribution is 2.24. The molecule has 5 heteroatoms. The van der Waals surface area contributed by atoms with Gasteiger partial charge < -0.3 is 4.74 Å². The molecule has 0 radical (unpaired) electrons. The second kappa shape index (κ2) is 6.63. The lowest BCUT2D eigenvalue weighted by molar-refractivity contribution is -0.142. The van der Waals surface area contributed by atoms with Gasteiger partial charge in [0.25, 0.3) is 0 Å². The number of ether oxygens (including phenoxy) is 1. The average molecular weight is 304 g/mol. The fraction of sp³-hybridized carbons (Fsp3) is 0.250. The molecule has 0 aromatic heterocycles. The number of allylic oxidation sites excluding steroid dienone is 2. The summed E-state index contributed by atoms with van der Waals surface area (Å²) in [5.74, 6) is -0.770. The second-order valence-electron chi connectivity index (χ2n) is 5.04. The van der Waals surface area contributed by atoms with E-state index < -0.39 is 22.2 Å². The minimum absolute atomic E-state index is 0.0796. The third-order valence-corrected chi connectivity index (χ3v) is 4.35. The van der Waals surface area contributed by atoms with E-state index in [0.29, 0.717) is 4.90 Å². The van der Waals surface area contributed by atoms with E-state index in [4.69, 9.17) is 4.74 Å². The quantitative estimate of drug-likeness (QED) is 0.781. The van der Waals surface area contributed by atoms with Crippen molar-refractivity contribution in [3.8, 4) is 0 Å². The summed E-state index contributed by atoms with van der Waals surface area (Å²) in [5.41, 5.74) is -0.488.